The van der Waals surface area contributed by atoms with Gasteiger partial charge in [0.1, 0.15) is 5.82 Å². The molecule has 4 rings (SSSR count). The van der Waals surface area contributed by atoms with E-state index in [0.29, 0.717) is 6.04 Å². The number of piperidine rings is 1. The number of nitrogens with one attached hydrogen (secondary N) is 1. The number of nitrogens with zero attached hydrogens (tertiary/aromatic N) is 2. The number of benzene rings is 1. The summed E-state index contributed by atoms with van der Waals surface area (Å²) in [5.41, 5.74) is 2.61. The molecule has 1 N–H and O–H groups in total. The Bertz CT molecular complexity index is 651. The monoisotopic (exact) mass is 333 g/mol. The van der Waals surface area contributed by atoms with Crippen LogP contribution in [0.25, 0.3) is 11.0 Å². The van der Waals surface area contributed by atoms with E-state index in [1.807, 2.05) is 0 Å². The molecule has 1 aromatic heterocycles. The van der Waals surface area contributed by atoms with E-state index in [1.165, 1.54) is 37.0 Å². The summed E-state index contributed by atoms with van der Waals surface area (Å²) in [6.45, 7) is 4.56. The molecule has 0 radical (unpaired) electrons. The number of imidazole rings is 1. The maximum atomic E-state index is 5.02. The van der Waals surface area contributed by atoms with Gasteiger partial charge in [-0.1, -0.05) is 22.9 Å². The molecule has 1 unspecified atom stereocenters. The van der Waals surface area contributed by atoms with Crippen LogP contribution >= 0.6 is 15.9 Å². The van der Waals surface area contributed by atoms with E-state index >= 15 is 0 Å². The van der Waals surface area contributed by atoms with Gasteiger partial charge in [0, 0.05) is 22.5 Å². The van der Waals surface area contributed by atoms with Crippen molar-refractivity contribution in [1.82, 2.24) is 14.9 Å². The van der Waals surface area contributed by atoms with Crippen LogP contribution < -0.4 is 5.32 Å². The van der Waals surface area contributed by atoms with Crippen LogP contribution in [0.5, 0.6) is 0 Å². The van der Waals surface area contributed by atoms with E-state index in [2.05, 4.69) is 50.9 Å². The number of hydrogen-bond donors (Lipinski definition) is 1. The fourth-order valence-corrected chi connectivity index (χ4v) is 3.80. The Hall–Kier alpha value is -0.870. The number of aromatic nitrogens is 2. The molecule has 3 nitrogen and oxygen atoms in total. The lowest BCUT2D eigenvalue weighted by Gasteiger charge is -2.34. The van der Waals surface area contributed by atoms with Crippen LogP contribution in [0.15, 0.2) is 22.7 Å². The van der Waals surface area contributed by atoms with E-state index in [-0.39, 0.29) is 5.41 Å². The second-order valence-corrected chi connectivity index (χ2v) is 7.43. The molecule has 1 aromatic carbocycles. The van der Waals surface area contributed by atoms with Crippen LogP contribution in [0.4, 0.5) is 0 Å². The van der Waals surface area contributed by atoms with Crippen LogP contribution in [0.1, 0.15) is 44.5 Å². The molecule has 1 saturated heterocycles. The average molecular weight is 334 g/mol. The van der Waals surface area contributed by atoms with Gasteiger partial charge >= 0.3 is 0 Å². The molecule has 106 valence electrons. The summed E-state index contributed by atoms with van der Waals surface area (Å²) < 4.78 is 3.64. The van der Waals surface area contributed by atoms with Gasteiger partial charge in [-0.3, -0.25) is 0 Å². The van der Waals surface area contributed by atoms with E-state index in [1.54, 1.807) is 0 Å². The van der Waals surface area contributed by atoms with E-state index in [0.717, 1.165) is 23.1 Å². The van der Waals surface area contributed by atoms with Crippen molar-refractivity contribution in [3.8, 4) is 0 Å². The van der Waals surface area contributed by atoms with Crippen molar-refractivity contribution in [1.29, 1.82) is 0 Å². The Labute approximate surface area is 127 Å². The van der Waals surface area contributed by atoms with Gasteiger partial charge in [-0.25, -0.2) is 4.98 Å². The molecule has 1 saturated carbocycles. The second-order valence-electron chi connectivity index (χ2n) is 6.51. The predicted molar refractivity (Wildman–Crippen MR) is 85.2 cm³/mol. The maximum Gasteiger partial charge on any atom is 0.117 e. The largest absolute Gasteiger partial charge is 0.324 e. The summed E-state index contributed by atoms with van der Waals surface area (Å²) in [7, 11) is 0. The number of hydrogen-bond acceptors (Lipinski definition) is 2. The zero-order valence-corrected chi connectivity index (χ0v) is 13.4. The van der Waals surface area contributed by atoms with Crippen LogP contribution in [-0.4, -0.2) is 22.6 Å². The lowest BCUT2D eigenvalue weighted by Crippen LogP contribution is -2.42. The summed E-state index contributed by atoms with van der Waals surface area (Å²) in [6.07, 6.45) is 5.08. The summed E-state index contributed by atoms with van der Waals surface area (Å²) in [6, 6.07) is 7.18. The molecule has 2 fully saturated rings. The molecule has 2 heterocycles. The second kappa shape index (κ2) is 4.57. The summed E-state index contributed by atoms with van der Waals surface area (Å²) in [4.78, 5) is 5.02. The minimum absolute atomic E-state index is 0.173. The van der Waals surface area contributed by atoms with Gasteiger partial charge in [0.2, 0.25) is 0 Å². The van der Waals surface area contributed by atoms with E-state index in [9.17, 15) is 0 Å². The highest BCUT2D eigenvalue weighted by Crippen LogP contribution is 2.43. The first kappa shape index (κ1) is 12.8. The first-order valence-corrected chi connectivity index (χ1v) is 8.35. The molecule has 2 aliphatic rings. The Morgan fingerprint density at radius 2 is 2.25 bits per heavy atom. The first-order valence-electron chi connectivity index (χ1n) is 7.56. The van der Waals surface area contributed by atoms with Crippen LogP contribution in [-0.2, 0) is 5.41 Å². The molecule has 0 amide bonds. The molecule has 1 aliphatic carbocycles. The van der Waals surface area contributed by atoms with Crippen molar-refractivity contribution in [2.75, 3.05) is 13.1 Å². The highest BCUT2D eigenvalue weighted by molar-refractivity contribution is 9.10. The third-order valence-electron chi connectivity index (χ3n) is 4.70. The van der Waals surface area contributed by atoms with Gasteiger partial charge < -0.3 is 9.88 Å². The Morgan fingerprint density at radius 3 is 2.95 bits per heavy atom. The molecular formula is C16H20BrN3. The molecule has 0 spiro atoms. The van der Waals surface area contributed by atoms with Gasteiger partial charge in [0.15, 0.2) is 0 Å². The lowest BCUT2D eigenvalue weighted by molar-refractivity contribution is 0.314. The number of rotatable bonds is 2. The quantitative estimate of drug-likeness (QED) is 0.906. The molecule has 1 atom stereocenters. The Kier molecular flexibility index (Phi) is 2.93. The van der Waals surface area contributed by atoms with Gasteiger partial charge in [0.25, 0.3) is 0 Å². The summed E-state index contributed by atoms with van der Waals surface area (Å²) in [5, 5.41) is 3.55. The van der Waals surface area contributed by atoms with Gasteiger partial charge in [0.05, 0.1) is 11.0 Å². The van der Waals surface area contributed by atoms with E-state index < -0.39 is 0 Å². The summed E-state index contributed by atoms with van der Waals surface area (Å²) in [5.74, 6) is 1.29. The minimum Gasteiger partial charge on any atom is -0.324 e. The molecule has 0 bridgehead atoms. The van der Waals surface area contributed by atoms with Crippen molar-refractivity contribution in [2.45, 2.75) is 44.1 Å². The minimum atomic E-state index is 0.173. The summed E-state index contributed by atoms with van der Waals surface area (Å²) >= 11 is 3.57. The van der Waals surface area contributed by atoms with Crippen molar-refractivity contribution in [2.24, 2.45) is 0 Å². The first-order chi connectivity index (χ1) is 9.67. The third kappa shape index (κ3) is 2.01. The van der Waals surface area contributed by atoms with Crippen LogP contribution in [0.3, 0.4) is 0 Å². The normalized spacial score (nSPS) is 27.1. The average Bonchev–Trinajstić information content (AvgIpc) is 3.20. The predicted octanol–water partition coefficient (Wildman–Crippen LogP) is 3.77. The molecule has 4 heteroatoms. The zero-order valence-electron chi connectivity index (χ0n) is 11.8. The van der Waals surface area contributed by atoms with Crippen LogP contribution in [0.2, 0.25) is 0 Å². The molecular weight excluding hydrogens is 314 g/mol. The third-order valence-corrected chi connectivity index (χ3v) is 5.19. The molecule has 2 aromatic rings. The highest BCUT2D eigenvalue weighted by Gasteiger charge is 2.38. The van der Waals surface area contributed by atoms with Crippen molar-refractivity contribution in [3.05, 3.63) is 28.5 Å². The smallest absolute Gasteiger partial charge is 0.117 e. The molecule has 1 aliphatic heterocycles. The fourth-order valence-electron chi connectivity index (χ4n) is 3.45. The lowest BCUT2D eigenvalue weighted by atomic mass is 9.82. The topological polar surface area (TPSA) is 29.9 Å². The molecule has 20 heavy (non-hydrogen) atoms. The van der Waals surface area contributed by atoms with Gasteiger partial charge in [-0.05, 0) is 50.4 Å². The standard InChI is InChI=1S/C16H20BrN3/c1-16(7-2-8-18-10-16)15-19-13-9-11(17)3-6-14(13)20(15)12-4-5-12/h3,6,9,12,18H,2,4-5,7-8,10H2,1H3. The highest BCUT2D eigenvalue weighted by atomic mass is 79.9. The van der Waals surface area contributed by atoms with Crippen molar-refractivity contribution < 1.29 is 0 Å². The fraction of sp³-hybridized carbons (Fsp3) is 0.562. The van der Waals surface area contributed by atoms with Crippen molar-refractivity contribution >= 4 is 27.0 Å². The van der Waals surface area contributed by atoms with Gasteiger partial charge in [-0.2, -0.15) is 0 Å². The maximum absolute atomic E-state index is 5.02. The zero-order chi connectivity index (χ0) is 13.7. The number of fused-ring (bicyclic) bond motifs is 1. The van der Waals surface area contributed by atoms with Gasteiger partial charge in [-0.15, -0.1) is 0 Å². The van der Waals surface area contributed by atoms with Crippen LogP contribution in [0, 0.1) is 0 Å². The Morgan fingerprint density at radius 1 is 1.40 bits per heavy atom. The number of halogens is 1. The van der Waals surface area contributed by atoms with E-state index in [4.69, 9.17) is 4.98 Å². The SMILES string of the molecule is CC1(c2nc3cc(Br)ccc3n2C2CC2)CCCNC1. The van der Waals surface area contributed by atoms with Crippen molar-refractivity contribution in [3.63, 3.8) is 0 Å². The Balaban J connectivity index is 1.91.